The number of nitrogens with one attached hydrogen (secondary N) is 1. The van der Waals surface area contributed by atoms with Crippen LogP contribution in [-0.2, 0) is 11.2 Å². The third kappa shape index (κ3) is 2.23. The number of anilines is 1. The molecule has 0 saturated carbocycles. The highest BCUT2D eigenvalue weighted by atomic mass is 35.5. The number of hydrogen-bond acceptors (Lipinski definition) is 2. The Balaban J connectivity index is 2.03. The van der Waals surface area contributed by atoms with Gasteiger partial charge < -0.3 is 10.4 Å². The van der Waals surface area contributed by atoms with E-state index in [0.29, 0.717) is 6.42 Å². The van der Waals surface area contributed by atoms with Gasteiger partial charge in [-0.2, -0.15) is 0 Å². The molecule has 0 spiro atoms. The Morgan fingerprint density at radius 1 is 1.60 bits per heavy atom. The van der Waals surface area contributed by atoms with E-state index in [1.807, 2.05) is 18.2 Å². The highest BCUT2D eigenvalue weighted by Crippen LogP contribution is 2.32. The standard InChI is InChI=1S/C11H12ClNO2/c12-9-2-1-3-10-8(9)6-7(13-10)4-5-11(14)15/h1-3,7,13H,4-6H2,(H,14,15). The van der Waals surface area contributed by atoms with Crippen LogP contribution in [-0.4, -0.2) is 17.1 Å². The molecular formula is C11H12ClNO2. The van der Waals surface area contributed by atoms with Crippen molar-refractivity contribution in [2.45, 2.75) is 25.3 Å². The van der Waals surface area contributed by atoms with E-state index < -0.39 is 5.97 Å². The summed E-state index contributed by atoms with van der Waals surface area (Å²) in [7, 11) is 0. The van der Waals surface area contributed by atoms with Crippen molar-refractivity contribution in [1.29, 1.82) is 0 Å². The normalized spacial score (nSPS) is 18.3. The van der Waals surface area contributed by atoms with E-state index in [1.165, 1.54) is 0 Å². The average molecular weight is 226 g/mol. The predicted molar refractivity (Wildman–Crippen MR) is 59.4 cm³/mol. The highest BCUT2D eigenvalue weighted by molar-refractivity contribution is 6.31. The molecule has 1 aromatic carbocycles. The Hall–Kier alpha value is -1.22. The first-order valence-corrected chi connectivity index (χ1v) is 5.30. The molecule has 0 aromatic heterocycles. The zero-order valence-corrected chi connectivity index (χ0v) is 8.92. The van der Waals surface area contributed by atoms with Gasteiger partial charge >= 0.3 is 5.97 Å². The van der Waals surface area contributed by atoms with Gasteiger partial charge in [0.2, 0.25) is 0 Å². The minimum absolute atomic E-state index is 0.198. The number of aliphatic carboxylic acids is 1. The molecule has 3 nitrogen and oxygen atoms in total. The first kappa shape index (κ1) is 10.3. The molecule has 0 bridgehead atoms. The second-order valence-corrected chi connectivity index (χ2v) is 4.15. The van der Waals surface area contributed by atoms with Crippen molar-refractivity contribution in [2.75, 3.05) is 5.32 Å². The number of carboxylic acid groups (broad SMARTS) is 1. The van der Waals surface area contributed by atoms with Crippen molar-refractivity contribution >= 4 is 23.3 Å². The summed E-state index contributed by atoms with van der Waals surface area (Å²) in [6.45, 7) is 0. The van der Waals surface area contributed by atoms with Crippen LogP contribution in [0, 0.1) is 0 Å². The van der Waals surface area contributed by atoms with Crippen molar-refractivity contribution in [1.82, 2.24) is 0 Å². The van der Waals surface area contributed by atoms with Gasteiger partial charge in [-0.1, -0.05) is 17.7 Å². The Morgan fingerprint density at radius 2 is 2.40 bits per heavy atom. The van der Waals surface area contributed by atoms with Crippen LogP contribution in [0.4, 0.5) is 5.69 Å². The molecule has 1 atom stereocenters. The van der Waals surface area contributed by atoms with Gasteiger partial charge in [0.05, 0.1) is 0 Å². The highest BCUT2D eigenvalue weighted by Gasteiger charge is 2.22. The van der Waals surface area contributed by atoms with Gasteiger partial charge in [-0.3, -0.25) is 4.79 Å². The second-order valence-electron chi connectivity index (χ2n) is 3.74. The Bertz CT molecular complexity index is 392. The molecule has 1 unspecified atom stereocenters. The van der Waals surface area contributed by atoms with Crippen LogP contribution < -0.4 is 5.32 Å². The average Bonchev–Trinajstić information content (AvgIpc) is 2.59. The van der Waals surface area contributed by atoms with Crippen LogP contribution in [0.2, 0.25) is 5.02 Å². The molecule has 1 heterocycles. The summed E-state index contributed by atoms with van der Waals surface area (Å²) in [6, 6.07) is 5.94. The summed E-state index contributed by atoms with van der Waals surface area (Å²) < 4.78 is 0. The lowest BCUT2D eigenvalue weighted by Crippen LogP contribution is -2.16. The number of fused-ring (bicyclic) bond motifs is 1. The van der Waals surface area contributed by atoms with Gasteiger partial charge in [-0.05, 0) is 30.5 Å². The molecule has 1 aromatic rings. The molecule has 1 aliphatic rings. The molecule has 0 amide bonds. The van der Waals surface area contributed by atoms with E-state index in [2.05, 4.69) is 5.32 Å². The Morgan fingerprint density at radius 3 is 3.07 bits per heavy atom. The molecule has 4 heteroatoms. The van der Waals surface area contributed by atoms with E-state index in [9.17, 15) is 4.79 Å². The van der Waals surface area contributed by atoms with Gasteiger partial charge in [0.15, 0.2) is 0 Å². The number of rotatable bonds is 3. The summed E-state index contributed by atoms with van der Waals surface area (Å²) in [4.78, 5) is 10.4. The molecule has 0 saturated heterocycles. The van der Waals surface area contributed by atoms with E-state index >= 15 is 0 Å². The molecule has 1 aliphatic heterocycles. The van der Waals surface area contributed by atoms with Gasteiger partial charge in [-0.15, -0.1) is 0 Å². The van der Waals surface area contributed by atoms with E-state index in [-0.39, 0.29) is 12.5 Å². The van der Waals surface area contributed by atoms with E-state index in [4.69, 9.17) is 16.7 Å². The lowest BCUT2D eigenvalue weighted by molar-refractivity contribution is -0.137. The monoisotopic (exact) mass is 225 g/mol. The molecular weight excluding hydrogens is 214 g/mol. The minimum atomic E-state index is -0.751. The molecule has 15 heavy (non-hydrogen) atoms. The summed E-state index contributed by atoms with van der Waals surface area (Å²) in [5.74, 6) is -0.751. The molecule has 80 valence electrons. The van der Waals surface area contributed by atoms with E-state index in [0.717, 1.165) is 22.7 Å². The zero-order chi connectivity index (χ0) is 10.8. The van der Waals surface area contributed by atoms with E-state index in [1.54, 1.807) is 0 Å². The molecule has 2 rings (SSSR count). The number of carboxylic acids is 1. The maximum Gasteiger partial charge on any atom is 0.303 e. The summed E-state index contributed by atoms with van der Waals surface area (Å²) in [5, 5.41) is 12.6. The number of carbonyl (C=O) groups is 1. The van der Waals surface area contributed by atoms with Crippen LogP contribution in [0.5, 0.6) is 0 Å². The lowest BCUT2D eigenvalue weighted by Gasteiger charge is -2.08. The van der Waals surface area contributed by atoms with Crippen LogP contribution in [0.25, 0.3) is 0 Å². The maximum absolute atomic E-state index is 10.4. The Kier molecular flexibility index (Phi) is 2.82. The number of halogens is 1. The van der Waals surface area contributed by atoms with Gasteiger partial charge in [0.25, 0.3) is 0 Å². The Labute approximate surface area is 93.1 Å². The number of benzene rings is 1. The summed E-state index contributed by atoms with van der Waals surface area (Å²) in [5.41, 5.74) is 2.15. The number of hydrogen-bond donors (Lipinski definition) is 2. The van der Waals surface area contributed by atoms with Crippen LogP contribution >= 0.6 is 11.6 Å². The molecule has 0 aliphatic carbocycles. The summed E-state index contributed by atoms with van der Waals surface area (Å²) in [6.07, 6.45) is 1.66. The largest absolute Gasteiger partial charge is 0.481 e. The minimum Gasteiger partial charge on any atom is -0.481 e. The van der Waals surface area contributed by atoms with Crippen LogP contribution in [0.15, 0.2) is 18.2 Å². The third-order valence-corrected chi connectivity index (χ3v) is 2.99. The molecule has 0 fully saturated rings. The third-order valence-electron chi connectivity index (χ3n) is 2.64. The quantitative estimate of drug-likeness (QED) is 0.831. The molecule has 2 N–H and O–H groups in total. The fourth-order valence-electron chi connectivity index (χ4n) is 1.89. The molecule has 0 radical (unpaired) electrons. The fourth-order valence-corrected chi connectivity index (χ4v) is 2.14. The van der Waals surface area contributed by atoms with Gasteiger partial charge in [0.1, 0.15) is 0 Å². The van der Waals surface area contributed by atoms with Gasteiger partial charge in [-0.25, -0.2) is 0 Å². The first-order valence-electron chi connectivity index (χ1n) is 4.92. The maximum atomic E-state index is 10.4. The van der Waals surface area contributed by atoms with Gasteiger partial charge in [0, 0.05) is 23.2 Å². The summed E-state index contributed by atoms with van der Waals surface area (Å²) >= 11 is 6.04. The van der Waals surface area contributed by atoms with Crippen molar-refractivity contribution in [3.05, 3.63) is 28.8 Å². The van der Waals surface area contributed by atoms with Crippen molar-refractivity contribution in [3.63, 3.8) is 0 Å². The zero-order valence-electron chi connectivity index (χ0n) is 8.16. The van der Waals surface area contributed by atoms with Crippen LogP contribution in [0.3, 0.4) is 0 Å². The van der Waals surface area contributed by atoms with Crippen LogP contribution in [0.1, 0.15) is 18.4 Å². The van der Waals surface area contributed by atoms with Crippen molar-refractivity contribution < 1.29 is 9.90 Å². The second kappa shape index (κ2) is 4.11. The van der Waals surface area contributed by atoms with Crippen molar-refractivity contribution in [2.24, 2.45) is 0 Å². The topological polar surface area (TPSA) is 49.3 Å². The fraction of sp³-hybridized carbons (Fsp3) is 0.364. The first-order chi connectivity index (χ1) is 7.16. The smallest absolute Gasteiger partial charge is 0.303 e. The predicted octanol–water partition coefficient (Wildman–Crippen LogP) is 2.54. The van der Waals surface area contributed by atoms with Crippen molar-refractivity contribution in [3.8, 4) is 0 Å². The lowest BCUT2D eigenvalue weighted by atomic mass is 10.1. The SMILES string of the molecule is O=C(O)CCC1Cc2c(Cl)cccc2N1.